The summed E-state index contributed by atoms with van der Waals surface area (Å²) in [6.45, 7) is 4.70. The van der Waals surface area contributed by atoms with Crippen molar-refractivity contribution in [1.29, 1.82) is 0 Å². The van der Waals surface area contributed by atoms with Gasteiger partial charge in [-0.05, 0) is 19.4 Å². The Morgan fingerprint density at radius 3 is 2.75 bits per heavy atom. The lowest BCUT2D eigenvalue weighted by Crippen LogP contribution is -2.41. The molecule has 0 N–H and O–H groups in total. The number of rotatable bonds is 3. The van der Waals surface area contributed by atoms with Crippen LogP contribution in [0.3, 0.4) is 0 Å². The van der Waals surface area contributed by atoms with E-state index >= 15 is 0 Å². The van der Waals surface area contributed by atoms with Crippen LogP contribution in [0.4, 0.5) is 0 Å². The second kappa shape index (κ2) is 5.59. The highest BCUT2D eigenvalue weighted by atomic mass is 16.5. The van der Waals surface area contributed by atoms with Crippen LogP contribution in [-0.2, 0) is 17.9 Å². The SMILES string of the molecule is Cc1cc(-c2nnc3n2[C@@H](C)C(=O)N(Cc2ccccc2)C3)on1. The van der Waals surface area contributed by atoms with Crippen LogP contribution in [0, 0.1) is 6.92 Å². The number of hydrogen-bond acceptors (Lipinski definition) is 5. The Hall–Kier alpha value is -2.96. The first-order chi connectivity index (χ1) is 11.6. The standard InChI is InChI=1S/C17H17N5O2/c1-11-8-14(24-20-11)16-19-18-15-10-21(17(23)12(2)22(15)16)9-13-6-4-3-5-7-13/h3-8,12H,9-10H2,1-2H3/t12-/m0/s1. The number of carbonyl (C=O) groups is 1. The van der Waals surface area contributed by atoms with Gasteiger partial charge in [-0.2, -0.15) is 0 Å². The smallest absolute Gasteiger partial charge is 0.246 e. The minimum atomic E-state index is -0.382. The highest BCUT2D eigenvalue weighted by Crippen LogP contribution is 2.29. The Labute approximate surface area is 138 Å². The molecule has 1 aromatic carbocycles. The van der Waals surface area contributed by atoms with Gasteiger partial charge in [0.2, 0.25) is 17.5 Å². The lowest BCUT2D eigenvalue weighted by molar-refractivity contribution is -0.137. The molecule has 0 spiro atoms. The number of aromatic nitrogens is 4. The summed E-state index contributed by atoms with van der Waals surface area (Å²) in [5.74, 6) is 1.87. The molecular weight excluding hydrogens is 306 g/mol. The van der Waals surface area contributed by atoms with Crippen molar-refractivity contribution in [3.63, 3.8) is 0 Å². The molecule has 0 aliphatic carbocycles. The molecule has 3 heterocycles. The molecule has 0 unspecified atom stereocenters. The van der Waals surface area contributed by atoms with E-state index in [4.69, 9.17) is 4.52 Å². The van der Waals surface area contributed by atoms with Gasteiger partial charge in [-0.1, -0.05) is 35.5 Å². The van der Waals surface area contributed by atoms with Crippen molar-refractivity contribution >= 4 is 5.91 Å². The molecule has 4 rings (SSSR count). The maximum atomic E-state index is 12.8. The fourth-order valence-corrected chi connectivity index (χ4v) is 3.04. The van der Waals surface area contributed by atoms with Gasteiger partial charge in [0.05, 0.1) is 12.2 Å². The van der Waals surface area contributed by atoms with Crippen LogP contribution in [0.25, 0.3) is 11.6 Å². The van der Waals surface area contributed by atoms with Crippen molar-refractivity contribution in [3.8, 4) is 11.6 Å². The Morgan fingerprint density at radius 2 is 2.04 bits per heavy atom. The maximum absolute atomic E-state index is 12.8. The maximum Gasteiger partial charge on any atom is 0.246 e. The number of benzene rings is 1. The van der Waals surface area contributed by atoms with E-state index in [1.165, 1.54) is 0 Å². The van der Waals surface area contributed by atoms with Gasteiger partial charge in [0.1, 0.15) is 6.04 Å². The zero-order valence-corrected chi connectivity index (χ0v) is 13.5. The van der Waals surface area contributed by atoms with Gasteiger partial charge in [-0.25, -0.2) is 0 Å². The second-order valence-corrected chi connectivity index (χ2v) is 6.00. The largest absolute Gasteiger partial charge is 0.353 e. The Kier molecular flexibility index (Phi) is 3.41. The first kappa shape index (κ1) is 14.6. The van der Waals surface area contributed by atoms with Crippen LogP contribution in [0.15, 0.2) is 40.9 Å². The Bertz CT molecular complexity index is 884. The van der Waals surface area contributed by atoms with E-state index in [0.717, 1.165) is 17.1 Å². The summed E-state index contributed by atoms with van der Waals surface area (Å²) in [4.78, 5) is 14.6. The van der Waals surface area contributed by atoms with E-state index in [9.17, 15) is 4.79 Å². The van der Waals surface area contributed by atoms with E-state index in [2.05, 4.69) is 15.4 Å². The number of carbonyl (C=O) groups excluding carboxylic acids is 1. The van der Waals surface area contributed by atoms with Crippen molar-refractivity contribution in [2.75, 3.05) is 0 Å². The minimum Gasteiger partial charge on any atom is -0.353 e. The van der Waals surface area contributed by atoms with Crippen LogP contribution >= 0.6 is 0 Å². The highest BCUT2D eigenvalue weighted by molar-refractivity contribution is 5.81. The minimum absolute atomic E-state index is 0.0450. The summed E-state index contributed by atoms with van der Waals surface area (Å²) in [6.07, 6.45) is 0. The molecule has 7 heteroatoms. The number of nitrogens with zero attached hydrogens (tertiary/aromatic N) is 5. The molecule has 0 bridgehead atoms. The fraction of sp³-hybridized carbons (Fsp3) is 0.294. The van der Waals surface area contributed by atoms with Crippen molar-refractivity contribution < 1.29 is 9.32 Å². The third-order valence-corrected chi connectivity index (χ3v) is 4.22. The normalized spacial score (nSPS) is 17.2. The molecule has 0 saturated heterocycles. The Morgan fingerprint density at radius 1 is 1.25 bits per heavy atom. The van der Waals surface area contributed by atoms with Gasteiger partial charge in [-0.3, -0.25) is 9.36 Å². The summed E-state index contributed by atoms with van der Waals surface area (Å²) in [6, 6.07) is 11.4. The molecule has 24 heavy (non-hydrogen) atoms. The molecule has 0 radical (unpaired) electrons. The first-order valence-corrected chi connectivity index (χ1v) is 7.83. The molecule has 1 aliphatic rings. The van der Waals surface area contributed by atoms with Crippen LogP contribution in [-0.4, -0.2) is 30.7 Å². The van der Waals surface area contributed by atoms with Gasteiger partial charge in [0.15, 0.2) is 5.82 Å². The second-order valence-electron chi connectivity index (χ2n) is 6.00. The monoisotopic (exact) mass is 323 g/mol. The predicted octanol–water partition coefficient (Wildman–Crippen LogP) is 2.34. The van der Waals surface area contributed by atoms with Gasteiger partial charge in [0, 0.05) is 12.6 Å². The van der Waals surface area contributed by atoms with Crippen LogP contribution in [0.2, 0.25) is 0 Å². The molecule has 2 aromatic heterocycles. The van der Waals surface area contributed by atoms with E-state index in [1.54, 1.807) is 11.0 Å². The van der Waals surface area contributed by atoms with Crippen LogP contribution < -0.4 is 0 Å². The predicted molar refractivity (Wildman–Crippen MR) is 85.7 cm³/mol. The lowest BCUT2D eigenvalue weighted by atomic mass is 10.1. The molecule has 122 valence electrons. The molecule has 3 aromatic rings. The number of amides is 1. The zero-order valence-electron chi connectivity index (χ0n) is 13.5. The zero-order chi connectivity index (χ0) is 16.7. The average molecular weight is 323 g/mol. The third kappa shape index (κ3) is 2.38. The molecular formula is C17H17N5O2. The van der Waals surface area contributed by atoms with E-state index in [1.807, 2.05) is 48.7 Å². The van der Waals surface area contributed by atoms with Crippen LogP contribution in [0.5, 0.6) is 0 Å². The van der Waals surface area contributed by atoms with Gasteiger partial charge in [-0.15, -0.1) is 10.2 Å². The summed E-state index contributed by atoms with van der Waals surface area (Å²) in [5, 5.41) is 12.3. The third-order valence-electron chi connectivity index (χ3n) is 4.22. The van der Waals surface area contributed by atoms with Gasteiger partial charge in [0.25, 0.3) is 0 Å². The summed E-state index contributed by atoms with van der Waals surface area (Å²) in [7, 11) is 0. The average Bonchev–Trinajstić information content (AvgIpc) is 3.19. The van der Waals surface area contributed by atoms with Gasteiger partial charge >= 0.3 is 0 Å². The van der Waals surface area contributed by atoms with E-state index < -0.39 is 0 Å². The highest BCUT2D eigenvalue weighted by Gasteiger charge is 2.34. The van der Waals surface area contributed by atoms with E-state index in [0.29, 0.717) is 24.7 Å². The van der Waals surface area contributed by atoms with Crippen molar-refractivity contribution in [2.45, 2.75) is 33.0 Å². The van der Waals surface area contributed by atoms with Crippen molar-refractivity contribution in [3.05, 3.63) is 53.5 Å². The van der Waals surface area contributed by atoms with Gasteiger partial charge < -0.3 is 9.42 Å². The van der Waals surface area contributed by atoms with E-state index in [-0.39, 0.29) is 11.9 Å². The fourth-order valence-electron chi connectivity index (χ4n) is 3.04. The molecule has 1 aliphatic heterocycles. The molecule has 0 fully saturated rings. The first-order valence-electron chi connectivity index (χ1n) is 7.83. The molecule has 7 nitrogen and oxygen atoms in total. The molecule has 0 saturated carbocycles. The lowest BCUT2D eigenvalue weighted by Gasteiger charge is -2.31. The van der Waals surface area contributed by atoms with Crippen molar-refractivity contribution in [2.24, 2.45) is 0 Å². The van der Waals surface area contributed by atoms with Crippen LogP contribution in [0.1, 0.15) is 30.0 Å². The quantitative estimate of drug-likeness (QED) is 0.739. The Balaban J connectivity index is 1.66. The summed E-state index contributed by atoms with van der Waals surface area (Å²) in [5.41, 5.74) is 1.86. The molecule has 1 atom stereocenters. The molecule has 1 amide bonds. The topological polar surface area (TPSA) is 77.0 Å². The number of hydrogen-bond donors (Lipinski definition) is 0. The summed E-state index contributed by atoms with van der Waals surface area (Å²) >= 11 is 0. The van der Waals surface area contributed by atoms with Crippen molar-refractivity contribution in [1.82, 2.24) is 24.8 Å². The summed E-state index contributed by atoms with van der Waals surface area (Å²) < 4.78 is 7.12. The number of aryl methyl sites for hydroxylation is 1. The number of fused-ring (bicyclic) bond motifs is 1.